The smallest absolute Gasteiger partial charge is 0.401 e. The minimum absolute atomic E-state index is 0.458. The first kappa shape index (κ1) is 15.3. The van der Waals surface area contributed by atoms with Crippen LogP contribution >= 0.6 is 22.9 Å². The molecular formula is C10H11ClF3NO2S. The van der Waals surface area contributed by atoms with Gasteiger partial charge in [0.15, 0.2) is 0 Å². The van der Waals surface area contributed by atoms with Gasteiger partial charge in [-0.25, -0.2) is 0 Å². The van der Waals surface area contributed by atoms with Crippen molar-refractivity contribution in [3.63, 3.8) is 0 Å². The van der Waals surface area contributed by atoms with Crippen LogP contribution in [0.2, 0.25) is 4.34 Å². The molecule has 102 valence electrons. The summed E-state index contributed by atoms with van der Waals surface area (Å²) in [6.07, 6.45) is -4.44. The third-order valence-electron chi connectivity index (χ3n) is 2.27. The number of hydrogen-bond acceptors (Lipinski definition) is 3. The number of nitrogens with zero attached hydrogens (tertiary/aromatic N) is 1. The number of carbonyl (C=O) groups is 1. The van der Waals surface area contributed by atoms with Gasteiger partial charge in [0.2, 0.25) is 0 Å². The molecule has 1 aromatic rings. The molecule has 18 heavy (non-hydrogen) atoms. The van der Waals surface area contributed by atoms with Crippen molar-refractivity contribution < 1.29 is 23.1 Å². The minimum Gasteiger partial charge on any atom is -0.480 e. The summed E-state index contributed by atoms with van der Waals surface area (Å²) in [5, 5.41) is 8.65. The second kappa shape index (κ2) is 5.90. The highest BCUT2D eigenvalue weighted by molar-refractivity contribution is 7.16. The lowest BCUT2D eigenvalue weighted by Crippen LogP contribution is -2.39. The molecule has 1 atom stereocenters. The van der Waals surface area contributed by atoms with Gasteiger partial charge in [-0.1, -0.05) is 11.6 Å². The van der Waals surface area contributed by atoms with Gasteiger partial charge in [-0.2, -0.15) is 13.2 Å². The lowest BCUT2D eigenvalue weighted by molar-refractivity contribution is -0.157. The summed E-state index contributed by atoms with van der Waals surface area (Å²) in [6, 6.07) is 2.52. The number of carboxylic acid groups (broad SMARTS) is 1. The van der Waals surface area contributed by atoms with E-state index in [9.17, 15) is 18.0 Å². The molecule has 1 aromatic heterocycles. The van der Waals surface area contributed by atoms with Gasteiger partial charge >= 0.3 is 12.1 Å². The van der Waals surface area contributed by atoms with Gasteiger partial charge in [0.05, 0.1) is 17.4 Å². The molecule has 3 nitrogen and oxygen atoms in total. The van der Waals surface area contributed by atoms with Gasteiger partial charge in [-0.3, -0.25) is 9.69 Å². The summed E-state index contributed by atoms with van der Waals surface area (Å²) in [7, 11) is 0. The van der Waals surface area contributed by atoms with Crippen LogP contribution in [-0.4, -0.2) is 35.2 Å². The predicted molar refractivity (Wildman–Crippen MR) is 63.0 cm³/mol. The molecule has 1 heterocycles. The number of halogens is 4. The standard InChI is InChI=1S/C10H11ClF3NO2S/c1-6(7-2-3-8(11)18-7)15(4-9(16)17)5-10(12,13)14/h2-3,6H,4-5H2,1H3,(H,16,17). The van der Waals surface area contributed by atoms with Gasteiger partial charge in [-0.05, 0) is 19.1 Å². The summed E-state index contributed by atoms with van der Waals surface area (Å²) in [5.74, 6) is -1.30. The molecular weight excluding hydrogens is 291 g/mol. The van der Waals surface area contributed by atoms with Gasteiger partial charge < -0.3 is 5.11 Å². The van der Waals surface area contributed by atoms with Crippen LogP contribution in [-0.2, 0) is 4.79 Å². The normalized spacial score (nSPS) is 13.9. The highest BCUT2D eigenvalue weighted by Crippen LogP contribution is 2.31. The van der Waals surface area contributed by atoms with Crippen molar-refractivity contribution in [3.05, 3.63) is 21.3 Å². The van der Waals surface area contributed by atoms with Crippen molar-refractivity contribution in [1.82, 2.24) is 4.90 Å². The topological polar surface area (TPSA) is 40.5 Å². The molecule has 1 rings (SSSR count). The number of aliphatic carboxylic acids is 1. The monoisotopic (exact) mass is 301 g/mol. The Morgan fingerprint density at radius 3 is 2.56 bits per heavy atom. The van der Waals surface area contributed by atoms with E-state index in [1.807, 2.05) is 0 Å². The van der Waals surface area contributed by atoms with Crippen LogP contribution in [0.25, 0.3) is 0 Å². The molecule has 0 spiro atoms. The number of alkyl halides is 3. The average molecular weight is 302 g/mol. The molecule has 0 aromatic carbocycles. The maximum atomic E-state index is 12.4. The lowest BCUT2D eigenvalue weighted by atomic mass is 10.2. The fourth-order valence-corrected chi connectivity index (χ4v) is 2.61. The molecule has 0 saturated carbocycles. The Morgan fingerprint density at radius 1 is 1.56 bits per heavy atom. The van der Waals surface area contributed by atoms with Gasteiger partial charge in [-0.15, -0.1) is 11.3 Å². The van der Waals surface area contributed by atoms with Crippen molar-refractivity contribution in [2.75, 3.05) is 13.1 Å². The molecule has 0 fully saturated rings. The van der Waals surface area contributed by atoms with Crippen LogP contribution in [0.4, 0.5) is 13.2 Å². The maximum Gasteiger partial charge on any atom is 0.401 e. The van der Waals surface area contributed by atoms with Crippen LogP contribution in [0.15, 0.2) is 12.1 Å². The third kappa shape index (κ3) is 4.83. The van der Waals surface area contributed by atoms with E-state index in [0.717, 1.165) is 16.2 Å². The maximum absolute atomic E-state index is 12.4. The summed E-state index contributed by atoms with van der Waals surface area (Å²) in [6.45, 7) is -0.414. The molecule has 0 aliphatic heterocycles. The van der Waals surface area contributed by atoms with E-state index >= 15 is 0 Å². The van der Waals surface area contributed by atoms with Crippen molar-refractivity contribution >= 4 is 28.9 Å². The Bertz CT molecular complexity index is 422. The molecule has 0 saturated heterocycles. The Morgan fingerprint density at radius 2 is 2.17 bits per heavy atom. The molecule has 0 amide bonds. The van der Waals surface area contributed by atoms with Crippen LogP contribution in [0.1, 0.15) is 17.8 Å². The first-order valence-corrected chi connectivity index (χ1v) is 6.16. The third-order valence-corrected chi connectivity index (χ3v) is 3.68. The molecule has 0 aliphatic carbocycles. The minimum atomic E-state index is -4.44. The van der Waals surface area contributed by atoms with Crippen molar-refractivity contribution in [2.24, 2.45) is 0 Å². The van der Waals surface area contributed by atoms with E-state index in [-0.39, 0.29) is 0 Å². The zero-order chi connectivity index (χ0) is 13.9. The predicted octanol–water partition coefficient (Wildman–Crippen LogP) is 3.41. The molecule has 0 radical (unpaired) electrons. The van der Waals surface area contributed by atoms with Crippen molar-refractivity contribution in [2.45, 2.75) is 19.1 Å². The molecule has 0 bridgehead atoms. The number of hydrogen-bond donors (Lipinski definition) is 1. The fraction of sp³-hybridized carbons (Fsp3) is 0.500. The quantitative estimate of drug-likeness (QED) is 0.906. The second-order valence-corrected chi connectivity index (χ2v) is 5.48. The van der Waals surface area contributed by atoms with Gasteiger partial charge in [0.25, 0.3) is 0 Å². The second-order valence-electron chi connectivity index (χ2n) is 3.73. The Kier molecular flexibility index (Phi) is 5.01. The molecule has 0 aliphatic rings. The molecule has 1 unspecified atom stereocenters. The van der Waals surface area contributed by atoms with Gasteiger partial charge in [0.1, 0.15) is 0 Å². The van der Waals surface area contributed by atoms with E-state index in [0.29, 0.717) is 9.21 Å². The molecule has 1 N–H and O–H groups in total. The number of carboxylic acids is 1. The highest BCUT2D eigenvalue weighted by Gasteiger charge is 2.34. The first-order chi connectivity index (χ1) is 8.19. The van der Waals surface area contributed by atoms with E-state index in [1.165, 1.54) is 6.92 Å². The highest BCUT2D eigenvalue weighted by atomic mass is 35.5. The van der Waals surface area contributed by atoms with Crippen molar-refractivity contribution in [1.29, 1.82) is 0 Å². The zero-order valence-corrected chi connectivity index (χ0v) is 10.9. The zero-order valence-electron chi connectivity index (χ0n) is 9.37. The first-order valence-electron chi connectivity index (χ1n) is 4.97. The number of rotatable bonds is 5. The summed E-state index contributed by atoms with van der Waals surface area (Å²) in [5.41, 5.74) is 0. The number of thiophene rings is 1. The van der Waals surface area contributed by atoms with E-state index < -0.39 is 31.3 Å². The Labute approximate surface area is 111 Å². The van der Waals surface area contributed by atoms with E-state index in [1.54, 1.807) is 12.1 Å². The molecule has 8 heteroatoms. The van der Waals surface area contributed by atoms with Crippen LogP contribution < -0.4 is 0 Å². The summed E-state index contributed by atoms with van der Waals surface area (Å²) >= 11 is 6.85. The van der Waals surface area contributed by atoms with Crippen LogP contribution in [0, 0.1) is 0 Å². The Hall–Kier alpha value is -0.790. The fourth-order valence-electron chi connectivity index (χ4n) is 1.47. The summed E-state index contributed by atoms with van der Waals surface area (Å²) < 4.78 is 37.6. The SMILES string of the molecule is CC(c1ccc(Cl)s1)N(CC(=O)O)CC(F)(F)F. The van der Waals surface area contributed by atoms with E-state index in [4.69, 9.17) is 16.7 Å². The summed E-state index contributed by atoms with van der Waals surface area (Å²) in [4.78, 5) is 12.1. The Balaban J connectivity index is 2.84. The van der Waals surface area contributed by atoms with Gasteiger partial charge in [0, 0.05) is 10.9 Å². The largest absolute Gasteiger partial charge is 0.480 e. The van der Waals surface area contributed by atoms with Crippen molar-refractivity contribution in [3.8, 4) is 0 Å². The van der Waals surface area contributed by atoms with E-state index in [2.05, 4.69) is 0 Å². The lowest BCUT2D eigenvalue weighted by Gasteiger charge is -2.27. The average Bonchev–Trinajstić information content (AvgIpc) is 2.59. The van der Waals surface area contributed by atoms with Crippen LogP contribution in [0.3, 0.4) is 0 Å². The van der Waals surface area contributed by atoms with Crippen LogP contribution in [0.5, 0.6) is 0 Å².